The summed E-state index contributed by atoms with van der Waals surface area (Å²) in [5.41, 5.74) is 0.379. The Balaban J connectivity index is 1.39. The van der Waals surface area contributed by atoms with Crippen molar-refractivity contribution in [2.24, 2.45) is 34.0 Å². The molecule has 7 heteroatoms. The number of carbonyl (C=O) groups is 1. The van der Waals surface area contributed by atoms with E-state index in [4.69, 9.17) is 14.2 Å². The summed E-state index contributed by atoms with van der Waals surface area (Å²) < 4.78 is 18.8. The monoisotopic (exact) mass is 546 g/mol. The lowest BCUT2D eigenvalue weighted by atomic mass is 9.52. The van der Waals surface area contributed by atoms with Crippen molar-refractivity contribution < 1.29 is 34.3 Å². The smallest absolute Gasteiger partial charge is 0.303 e. The zero-order valence-electron chi connectivity index (χ0n) is 25.2. The summed E-state index contributed by atoms with van der Waals surface area (Å²) in [4.78, 5) is 12.0. The van der Waals surface area contributed by atoms with Crippen molar-refractivity contribution in [1.29, 1.82) is 0 Å². The van der Waals surface area contributed by atoms with Gasteiger partial charge >= 0.3 is 5.97 Å². The Labute approximate surface area is 233 Å². The summed E-state index contributed by atoms with van der Waals surface area (Å²) in [5, 5.41) is 35.6. The molecule has 3 N–H and O–H groups in total. The molecule has 6 rings (SSSR count). The molecule has 0 aromatic heterocycles. The maximum absolute atomic E-state index is 12.4. The fourth-order valence-electron chi connectivity index (χ4n) is 11.2. The summed E-state index contributed by atoms with van der Waals surface area (Å²) >= 11 is 0. The number of rotatable bonds is 3. The summed E-state index contributed by atoms with van der Waals surface area (Å²) in [7, 11) is 0. The molecule has 4 fully saturated rings. The topological polar surface area (TPSA) is 105 Å². The zero-order valence-corrected chi connectivity index (χ0v) is 25.2. The van der Waals surface area contributed by atoms with Crippen LogP contribution < -0.4 is 0 Å². The van der Waals surface area contributed by atoms with Gasteiger partial charge in [-0.2, -0.15) is 0 Å². The predicted molar refractivity (Wildman–Crippen MR) is 145 cm³/mol. The van der Waals surface area contributed by atoms with Crippen LogP contribution in [0, 0.1) is 34.0 Å². The molecule has 0 aromatic carbocycles. The normalized spacial score (nSPS) is 50.9. The van der Waals surface area contributed by atoms with E-state index in [0.29, 0.717) is 18.4 Å². The van der Waals surface area contributed by atoms with Crippen molar-refractivity contribution in [3.05, 3.63) is 11.1 Å². The minimum absolute atomic E-state index is 0.0145. The second-order valence-corrected chi connectivity index (χ2v) is 15.7. The van der Waals surface area contributed by atoms with E-state index in [0.717, 1.165) is 44.9 Å². The summed E-state index contributed by atoms with van der Waals surface area (Å²) in [6, 6.07) is 0. The number of ether oxygens (including phenoxy) is 3. The van der Waals surface area contributed by atoms with Gasteiger partial charge in [-0.1, -0.05) is 45.8 Å². The van der Waals surface area contributed by atoms with Crippen LogP contribution in [-0.2, 0) is 19.0 Å². The Kier molecular flexibility index (Phi) is 5.99. The van der Waals surface area contributed by atoms with Gasteiger partial charge in [-0.15, -0.1) is 0 Å². The van der Waals surface area contributed by atoms with Gasteiger partial charge in [-0.25, -0.2) is 0 Å². The molecule has 220 valence electrons. The number of carbonyl (C=O) groups excluding carboxylic acids is 1. The minimum atomic E-state index is -1.81. The van der Waals surface area contributed by atoms with Crippen molar-refractivity contribution in [3.8, 4) is 0 Å². The first-order valence-corrected chi connectivity index (χ1v) is 15.3. The molecule has 1 saturated carbocycles. The Morgan fingerprint density at radius 3 is 2.44 bits per heavy atom. The Bertz CT molecular complexity index is 1090. The van der Waals surface area contributed by atoms with E-state index < -0.39 is 41.1 Å². The number of aliphatic hydroxyl groups excluding tert-OH is 1. The molecule has 11 atom stereocenters. The van der Waals surface area contributed by atoms with Gasteiger partial charge < -0.3 is 29.5 Å². The van der Waals surface area contributed by atoms with E-state index >= 15 is 0 Å². The van der Waals surface area contributed by atoms with Gasteiger partial charge in [0.2, 0.25) is 0 Å². The zero-order chi connectivity index (χ0) is 28.6. The van der Waals surface area contributed by atoms with Crippen LogP contribution in [0.2, 0.25) is 0 Å². The first kappa shape index (κ1) is 28.1. The maximum atomic E-state index is 12.4. The fourth-order valence-corrected chi connectivity index (χ4v) is 11.2. The third kappa shape index (κ3) is 3.49. The van der Waals surface area contributed by atoms with Crippen molar-refractivity contribution >= 4 is 5.97 Å². The molecule has 6 aliphatic rings. The minimum Gasteiger partial charge on any atom is -0.457 e. The Morgan fingerprint density at radius 2 is 1.79 bits per heavy atom. The van der Waals surface area contributed by atoms with Crippen LogP contribution in [0.3, 0.4) is 0 Å². The second kappa shape index (κ2) is 8.31. The third-order valence-corrected chi connectivity index (χ3v) is 12.9. The van der Waals surface area contributed by atoms with Crippen LogP contribution >= 0.6 is 0 Å². The molecule has 3 saturated heterocycles. The number of hydrogen-bond donors (Lipinski definition) is 3. The van der Waals surface area contributed by atoms with Gasteiger partial charge in [0, 0.05) is 18.3 Å². The molecule has 2 bridgehead atoms. The number of esters is 1. The van der Waals surface area contributed by atoms with Crippen LogP contribution in [0.15, 0.2) is 11.1 Å². The molecular weight excluding hydrogens is 496 g/mol. The lowest BCUT2D eigenvalue weighted by molar-refractivity contribution is -0.341. The molecular formula is C32H50O7. The van der Waals surface area contributed by atoms with E-state index in [9.17, 15) is 20.1 Å². The first-order chi connectivity index (χ1) is 17.9. The third-order valence-electron chi connectivity index (χ3n) is 12.9. The van der Waals surface area contributed by atoms with Crippen LogP contribution in [0.4, 0.5) is 0 Å². The van der Waals surface area contributed by atoms with Crippen molar-refractivity contribution in [2.75, 3.05) is 0 Å². The van der Waals surface area contributed by atoms with Gasteiger partial charge in [0.05, 0.1) is 17.3 Å². The quantitative estimate of drug-likeness (QED) is 0.349. The number of fused-ring (bicyclic) bond motifs is 5. The highest BCUT2D eigenvalue weighted by Crippen LogP contribution is 2.74. The largest absolute Gasteiger partial charge is 0.457 e. The average Bonchev–Trinajstić information content (AvgIpc) is 3.30. The summed E-state index contributed by atoms with van der Waals surface area (Å²) in [6.07, 6.45) is 4.96. The summed E-state index contributed by atoms with van der Waals surface area (Å²) in [5.74, 6) is -2.14. The van der Waals surface area contributed by atoms with E-state index in [1.807, 2.05) is 0 Å². The fraction of sp³-hybridized carbons (Fsp3) is 0.906. The number of hydrogen-bond acceptors (Lipinski definition) is 7. The molecule has 3 aliphatic carbocycles. The molecule has 0 aromatic rings. The molecule has 0 radical (unpaired) electrons. The molecule has 7 nitrogen and oxygen atoms in total. The van der Waals surface area contributed by atoms with Gasteiger partial charge in [-0.3, -0.25) is 4.79 Å². The summed E-state index contributed by atoms with van der Waals surface area (Å²) in [6.45, 7) is 15.8. The highest BCUT2D eigenvalue weighted by molar-refractivity contribution is 5.66. The van der Waals surface area contributed by atoms with Gasteiger partial charge in [0.15, 0.2) is 11.9 Å². The second-order valence-electron chi connectivity index (χ2n) is 15.7. The van der Waals surface area contributed by atoms with Gasteiger partial charge in [0.1, 0.15) is 12.2 Å². The Morgan fingerprint density at radius 1 is 1.10 bits per heavy atom. The highest BCUT2D eigenvalue weighted by atomic mass is 16.7. The molecule has 0 amide bonds. The van der Waals surface area contributed by atoms with Crippen LogP contribution in [0.5, 0.6) is 0 Å². The molecule has 0 unspecified atom stereocenters. The standard InChI is InChI=1S/C32H50O7/c1-17-15-21(25(28(5,6)35)37-18(2)33)38-32(36)24(17)29(7)13-11-19-16-31-14-12-23(39-31)27(3,4)22(31)10-9-20(19)30(29,8)26(32)34/h17,21-26,34-36H,9-16H2,1-8H3/t17-,21-,22+,23+,24-,25-,26-,29-,30-,31+,32-/m1/s1. The van der Waals surface area contributed by atoms with Gasteiger partial charge in [0.25, 0.3) is 0 Å². The maximum Gasteiger partial charge on any atom is 0.303 e. The Hall–Kier alpha value is -0.990. The van der Waals surface area contributed by atoms with Crippen LogP contribution in [-0.4, -0.2) is 62.7 Å². The lowest BCUT2D eigenvalue weighted by Crippen LogP contribution is -2.61. The molecule has 1 spiro atoms. The van der Waals surface area contributed by atoms with Crippen LogP contribution in [0.1, 0.15) is 107 Å². The highest BCUT2D eigenvalue weighted by Gasteiger charge is 2.77. The first-order valence-electron chi connectivity index (χ1n) is 15.3. The SMILES string of the molecule is CC(=O)O[C@H]([C@H]1C[C@@H](C)[C@H]2[C@@](O)(O1)[C@H](O)[C@@]1(C)C3=C(CC[C@]21C)C[C@]12CC[C@H](O1)C(C)(C)[C@@H]2CC3)C(C)(C)O. The average molecular weight is 547 g/mol. The van der Waals surface area contributed by atoms with Crippen LogP contribution in [0.25, 0.3) is 0 Å². The van der Waals surface area contributed by atoms with Crippen molar-refractivity contribution in [3.63, 3.8) is 0 Å². The van der Waals surface area contributed by atoms with E-state index in [-0.39, 0.29) is 28.3 Å². The predicted octanol–water partition coefficient (Wildman–Crippen LogP) is 4.65. The van der Waals surface area contributed by atoms with E-state index in [2.05, 4.69) is 34.6 Å². The van der Waals surface area contributed by atoms with E-state index in [1.165, 1.54) is 18.1 Å². The van der Waals surface area contributed by atoms with Crippen molar-refractivity contribution in [1.82, 2.24) is 0 Å². The molecule has 39 heavy (non-hydrogen) atoms. The van der Waals surface area contributed by atoms with Crippen molar-refractivity contribution in [2.45, 2.75) is 148 Å². The molecule has 3 aliphatic heterocycles. The lowest BCUT2D eigenvalue weighted by Gasteiger charge is -2.53. The van der Waals surface area contributed by atoms with Gasteiger partial charge in [-0.05, 0) is 87.9 Å². The number of aliphatic hydroxyl groups is 3. The van der Waals surface area contributed by atoms with E-state index in [1.54, 1.807) is 13.8 Å². The molecule has 3 heterocycles.